The van der Waals surface area contributed by atoms with E-state index < -0.39 is 18.1 Å². The first-order chi connectivity index (χ1) is 16.7. The van der Waals surface area contributed by atoms with Crippen LogP contribution < -0.4 is 0 Å². The second kappa shape index (κ2) is 18.8. The van der Waals surface area contributed by atoms with Crippen molar-refractivity contribution in [3.8, 4) is 0 Å². The average molecular weight is 551 g/mol. The molecule has 0 amide bonds. The molecule has 0 bridgehead atoms. The minimum Gasteiger partial charge on any atom is -0.351 e. The highest BCUT2D eigenvalue weighted by Gasteiger charge is 2.49. The van der Waals surface area contributed by atoms with Crippen molar-refractivity contribution >= 4 is 18.1 Å². The molecule has 10 heteroatoms. The molecule has 0 saturated carbocycles. The van der Waals surface area contributed by atoms with E-state index in [2.05, 4.69) is 0 Å². The molecule has 0 aromatic carbocycles. The number of allylic oxidation sites excluding steroid dienone is 2. The topological polar surface area (TPSA) is 73.8 Å². The predicted molar refractivity (Wildman–Crippen MR) is 148 cm³/mol. The van der Waals surface area contributed by atoms with Crippen LogP contribution in [0.25, 0.3) is 0 Å². The minimum atomic E-state index is -3.22. The standard InChI is InChI=1S/C26H54O8Si2/c1-21(2)29-35(30-22(3)4,31-23(5)6)27-19-17-15-13-14-16-18-20-28-36(32-24(7)8,33-25(9)10)34-26(11)12/h13-16,21-26H,17-20H2,1-12H3/b15-13+,16-14+. The fourth-order valence-corrected chi connectivity index (χ4v) is 7.90. The molecule has 0 unspecified atom stereocenters. The molecule has 0 atom stereocenters. The highest BCUT2D eigenvalue weighted by molar-refractivity contribution is 6.54. The van der Waals surface area contributed by atoms with Crippen molar-refractivity contribution in [3.05, 3.63) is 24.3 Å². The van der Waals surface area contributed by atoms with Gasteiger partial charge in [-0.25, -0.2) is 0 Å². The molecule has 0 radical (unpaired) electrons. The highest BCUT2D eigenvalue weighted by atomic mass is 28.4. The monoisotopic (exact) mass is 550 g/mol. The Hall–Kier alpha value is -0.406. The van der Waals surface area contributed by atoms with Crippen molar-refractivity contribution in [2.45, 2.75) is 133 Å². The molecule has 0 spiro atoms. The van der Waals surface area contributed by atoms with E-state index >= 15 is 0 Å². The second-order valence-electron chi connectivity index (χ2n) is 10.1. The maximum absolute atomic E-state index is 6.08. The van der Waals surface area contributed by atoms with E-state index in [-0.39, 0.29) is 36.6 Å². The lowest BCUT2D eigenvalue weighted by molar-refractivity contribution is -0.0753. The molecule has 0 saturated heterocycles. The van der Waals surface area contributed by atoms with Gasteiger partial charge < -0.3 is 35.4 Å². The number of hydrogen-bond donors (Lipinski definition) is 0. The van der Waals surface area contributed by atoms with Gasteiger partial charge in [0.1, 0.15) is 0 Å². The van der Waals surface area contributed by atoms with Crippen LogP contribution in [0.3, 0.4) is 0 Å². The Morgan fingerprint density at radius 3 is 0.833 bits per heavy atom. The zero-order valence-electron chi connectivity index (χ0n) is 24.9. The van der Waals surface area contributed by atoms with E-state index in [1.54, 1.807) is 0 Å². The Bertz CT molecular complexity index is 502. The largest absolute Gasteiger partial charge is 0.680 e. The van der Waals surface area contributed by atoms with Crippen LogP contribution >= 0.6 is 0 Å². The first-order valence-corrected chi connectivity index (χ1v) is 16.6. The molecule has 0 aliphatic carbocycles. The third-order valence-electron chi connectivity index (χ3n) is 3.79. The van der Waals surface area contributed by atoms with Crippen molar-refractivity contribution in [2.75, 3.05) is 13.2 Å². The van der Waals surface area contributed by atoms with Crippen molar-refractivity contribution in [1.82, 2.24) is 0 Å². The third kappa shape index (κ3) is 17.9. The van der Waals surface area contributed by atoms with Crippen LogP contribution in [-0.4, -0.2) is 67.9 Å². The molecule has 36 heavy (non-hydrogen) atoms. The van der Waals surface area contributed by atoms with Crippen molar-refractivity contribution in [1.29, 1.82) is 0 Å². The van der Waals surface area contributed by atoms with Crippen LogP contribution in [-0.2, 0) is 35.4 Å². The van der Waals surface area contributed by atoms with E-state index in [4.69, 9.17) is 35.4 Å². The van der Waals surface area contributed by atoms with Crippen LogP contribution in [0.2, 0.25) is 0 Å². The van der Waals surface area contributed by atoms with Crippen molar-refractivity contribution in [3.63, 3.8) is 0 Å². The summed E-state index contributed by atoms with van der Waals surface area (Å²) in [4.78, 5) is 0. The van der Waals surface area contributed by atoms with E-state index in [0.717, 1.165) is 0 Å². The van der Waals surface area contributed by atoms with E-state index in [9.17, 15) is 0 Å². The summed E-state index contributed by atoms with van der Waals surface area (Å²) in [5, 5.41) is 0. The quantitative estimate of drug-likeness (QED) is 0.0932. The highest BCUT2D eigenvalue weighted by Crippen LogP contribution is 2.20. The van der Waals surface area contributed by atoms with Crippen LogP contribution in [0.15, 0.2) is 24.3 Å². The lowest BCUT2D eigenvalue weighted by Crippen LogP contribution is -2.53. The smallest absolute Gasteiger partial charge is 0.351 e. The number of rotatable bonds is 21. The molecule has 214 valence electrons. The zero-order valence-corrected chi connectivity index (χ0v) is 26.9. The Balaban J connectivity index is 4.77. The number of hydrogen-bond acceptors (Lipinski definition) is 8. The SMILES string of the molecule is CC(C)O[Si](OCC/C=C/C=C/CCO[Si](OC(C)C)(OC(C)C)OC(C)C)(OC(C)C)OC(C)C. The molecule has 0 aliphatic heterocycles. The average Bonchev–Trinajstić information content (AvgIpc) is 2.65. The van der Waals surface area contributed by atoms with Crippen LogP contribution in [0.4, 0.5) is 0 Å². The van der Waals surface area contributed by atoms with Gasteiger partial charge in [-0.15, -0.1) is 0 Å². The molecule has 0 aromatic rings. The van der Waals surface area contributed by atoms with Gasteiger partial charge in [0, 0.05) is 49.8 Å². The van der Waals surface area contributed by atoms with Gasteiger partial charge in [-0.05, 0) is 95.9 Å². The van der Waals surface area contributed by atoms with Crippen molar-refractivity contribution < 1.29 is 35.4 Å². The zero-order chi connectivity index (χ0) is 27.8. The molecule has 0 aromatic heterocycles. The van der Waals surface area contributed by atoms with Gasteiger partial charge in [-0.2, -0.15) is 0 Å². The first-order valence-electron chi connectivity index (χ1n) is 13.4. The van der Waals surface area contributed by atoms with E-state index in [1.165, 1.54) is 0 Å². The molecule has 8 nitrogen and oxygen atoms in total. The maximum atomic E-state index is 6.08. The molecule has 0 heterocycles. The Labute approximate surface area is 223 Å². The summed E-state index contributed by atoms with van der Waals surface area (Å²) in [7, 11) is -6.45. The van der Waals surface area contributed by atoms with Gasteiger partial charge in [0.15, 0.2) is 0 Å². The Kier molecular flexibility index (Phi) is 18.6. The molecule has 0 aliphatic rings. The van der Waals surface area contributed by atoms with Gasteiger partial charge >= 0.3 is 18.1 Å². The van der Waals surface area contributed by atoms with Gasteiger partial charge in [-0.3, -0.25) is 0 Å². The second-order valence-corrected chi connectivity index (χ2v) is 14.1. The van der Waals surface area contributed by atoms with Crippen LogP contribution in [0.5, 0.6) is 0 Å². The first kappa shape index (κ1) is 35.6. The molecule has 0 rings (SSSR count). The van der Waals surface area contributed by atoms with Gasteiger partial charge in [0.05, 0.1) is 0 Å². The minimum absolute atomic E-state index is 0.0560. The molecular weight excluding hydrogens is 496 g/mol. The predicted octanol–water partition coefficient (Wildman–Crippen LogP) is 6.33. The van der Waals surface area contributed by atoms with Gasteiger partial charge in [0.25, 0.3) is 0 Å². The van der Waals surface area contributed by atoms with Crippen LogP contribution in [0.1, 0.15) is 95.9 Å². The Morgan fingerprint density at radius 2 is 0.639 bits per heavy atom. The van der Waals surface area contributed by atoms with Crippen LogP contribution in [0, 0.1) is 0 Å². The fourth-order valence-electron chi connectivity index (χ4n) is 2.96. The fraction of sp³-hybridized carbons (Fsp3) is 0.846. The summed E-state index contributed by atoms with van der Waals surface area (Å²) in [5.41, 5.74) is 0. The van der Waals surface area contributed by atoms with E-state index in [1.807, 2.05) is 107 Å². The molecule has 0 fully saturated rings. The summed E-state index contributed by atoms with van der Waals surface area (Å²) in [6, 6.07) is 0. The summed E-state index contributed by atoms with van der Waals surface area (Å²) >= 11 is 0. The maximum Gasteiger partial charge on any atom is 0.680 e. The molecular formula is C26H54O8Si2. The summed E-state index contributed by atoms with van der Waals surface area (Å²) < 4.78 is 48.3. The van der Waals surface area contributed by atoms with Crippen molar-refractivity contribution in [2.24, 2.45) is 0 Å². The lowest BCUT2D eigenvalue weighted by Gasteiger charge is -2.32. The molecule has 0 N–H and O–H groups in total. The summed E-state index contributed by atoms with van der Waals surface area (Å²) in [5.74, 6) is 0. The summed E-state index contributed by atoms with van der Waals surface area (Å²) in [6.45, 7) is 24.4. The van der Waals surface area contributed by atoms with Gasteiger partial charge in [0.2, 0.25) is 0 Å². The normalized spacial score (nSPS) is 13.9. The summed E-state index contributed by atoms with van der Waals surface area (Å²) in [6.07, 6.45) is 9.16. The Morgan fingerprint density at radius 1 is 0.417 bits per heavy atom. The lowest BCUT2D eigenvalue weighted by atomic mass is 10.3. The third-order valence-corrected chi connectivity index (χ3v) is 9.47. The van der Waals surface area contributed by atoms with E-state index in [0.29, 0.717) is 26.1 Å². The van der Waals surface area contributed by atoms with Gasteiger partial charge in [-0.1, -0.05) is 24.3 Å².